The second-order valence-electron chi connectivity index (χ2n) is 3.60. The molecule has 86 valence electrons. The van der Waals surface area contributed by atoms with Crippen molar-refractivity contribution in [2.75, 3.05) is 6.54 Å². The van der Waals surface area contributed by atoms with Gasteiger partial charge in [0.1, 0.15) is 5.69 Å². The summed E-state index contributed by atoms with van der Waals surface area (Å²) in [6.07, 6.45) is 9.73. The second kappa shape index (κ2) is 6.73. The normalized spacial score (nSPS) is 9.75. The molecule has 1 aromatic heterocycles. The molecule has 0 saturated heterocycles. The Hall–Kier alpha value is -1.69. The smallest absolute Gasteiger partial charge is 0.267 e. The van der Waals surface area contributed by atoms with Gasteiger partial charge in [0.2, 0.25) is 0 Å². The van der Waals surface area contributed by atoms with Crippen LogP contribution < -0.4 is 5.32 Å². The molecule has 0 saturated carbocycles. The van der Waals surface area contributed by atoms with Crippen molar-refractivity contribution < 1.29 is 4.79 Å². The molecule has 0 radical (unpaired) electrons. The summed E-state index contributed by atoms with van der Waals surface area (Å²) in [7, 11) is 0. The van der Waals surface area contributed by atoms with Crippen LogP contribution in [0.1, 0.15) is 36.7 Å². The van der Waals surface area contributed by atoms with E-state index in [0.717, 1.165) is 31.5 Å². The summed E-state index contributed by atoms with van der Waals surface area (Å²) in [6.45, 7) is 3.52. The van der Waals surface area contributed by atoms with E-state index in [1.807, 2.05) is 29.8 Å². The maximum Gasteiger partial charge on any atom is 0.267 e. The SMILES string of the molecule is C#CCCCCNC(=O)c1cccn1CC. The van der Waals surface area contributed by atoms with Crippen LogP contribution in [-0.4, -0.2) is 17.0 Å². The average Bonchev–Trinajstić information content (AvgIpc) is 2.76. The van der Waals surface area contributed by atoms with Crippen molar-refractivity contribution in [3.63, 3.8) is 0 Å². The lowest BCUT2D eigenvalue weighted by Crippen LogP contribution is -2.26. The Kier molecular flexibility index (Phi) is 5.21. The Bertz CT molecular complexity index is 374. The third-order valence-corrected chi connectivity index (χ3v) is 2.44. The first-order valence-corrected chi connectivity index (χ1v) is 5.66. The van der Waals surface area contributed by atoms with Crippen molar-refractivity contribution in [3.8, 4) is 12.3 Å². The van der Waals surface area contributed by atoms with Crippen molar-refractivity contribution in [1.29, 1.82) is 0 Å². The molecule has 0 aliphatic rings. The fourth-order valence-electron chi connectivity index (χ4n) is 1.54. The molecule has 0 aliphatic heterocycles. The summed E-state index contributed by atoms with van der Waals surface area (Å²) < 4.78 is 1.93. The minimum Gasteiger partial charge on any atom is -0.351 e. The fraction of sp³-hybridized carbons (Fsp3) is 0.462. The minimum atomic E-state index is -0.00689. The van der Waals surface area contributed by atoms with Crippen LogP contribution in [0.2, 0.25) is 0 Å². The second-order valence-corrected chi connectivity index (χ2v) is 3.60. The lowest BCUT2D eigenvalue weighted by atomic mass is 10.2. The molecule has 1 N–H and O–H groups in total. The zero-order valence-electron chi connectivity index (χ0n) is 9.70. The first-order valence-electron chi connectivity index (χ1n) is 5.66. The summed E-state index contributed by atoms with van der Waals surface area (Å²) >= 11 is 0. The van der Waals surface area contributed by atoms with E-state index in [1.165, 1.54) is 0 Å². The number of carbonyl (C=O) groups is 1. The molecule has 0 unspecified atom stereocenters. The molecule has 0 aliphatic carbocycles. The highest BCUT2D eigenvalue weighted by molar-refractivity contribution is 5.92. The fourth-order valence-corrected chi connectivity index (χ4v) is 1.54. The van der Waals surface area contributed by atoms with Gasteiger partial charge < -0.3 is 9.88 Å². The standard InChI is InChI=1S/C13H18N2O/c1-3-5-6-7-10-14-13(16)12-9-8-11-15(12)4-2/h1,8-9,11H,4-7,10H2,2H3,(H,14,16). The average molecular weight is 218 g/mol. The molecule has 3 nitrogen and oxygen atoms in total. The van der Waals surface area contributed by atoms with E-state index in [4.69, 9.17) is 6.42 Å². The highest BCUT2D eigenvalue weighted by atomic mass is 16.1. The van der Waals surface area contributed by atoms with Crippen LogP contribution in [0.4, 0.5) is 0 Å². The first-order chi connectivity index (χ1) is 7.79. The van der Waals surface area contributed by atoms with Gasteiger partial charge in [0.15, 0.2) is 0 Å². The summed E-state index contributed by atoms with van der Waals surface area (Å²) in [5, 5.41) is 2.89. The van der Waals surface area contributed by atoms with Crippen LogP contribution in [0.5, 0.6) is 0 Å². The minimum absolute atomic E-state index is 0.00689. The van der Waals surface area contributed by atoms with Gasteiger partial charge in [-0.3, -0.25) is 4.79 Å². The van der Waals surface area contributed by atoms with Crippen LogP contribution >= 0.6 is 0 Å². The molecule has 0 bridgehead atoms. The summed E-state index contributed by atoms with van der Waals surface area (Å²) in [5.41, 5.74) is 0.722. The van der Waals surface area contributed by atoms with Crippen molar-refractivity contribution in [2.45, 2.75) is 32.7 Å². The predicted octanol–water partition coefficient (Wildman–Crippen LogP) is 2.04. The Labute approximate surface area is 96.8 Å². The molecule has 0 fully saturated rings. The molecule has 1 aromatic rings. The maximum absolute atomic E-state index is 11.7. The molecular formula is C13H18N2O. The van der Waals surface area contributed by atoms with E-state index in [9.17, 15) is 4.79 Å². The van der Waals surface area contributed by atoms with Crippen molar-refractivity contribution in [3.05, 3.63) is 24.0 Å². The van der Waals surface area contributed by atoms with Crippen molar-refractivity contribution in [2.24, 2.45) is 0 Å². The highest BCUT2D eigenvalue weighted by Gasteiger charge is 2.08. The monoisotopic (exact) mass is 218 g/mol. The lowest BCUT2D eigenvalue weighted by Gasteiger charge is -2.07. The molecule has 0 aromatic carbocycles. The summed E-state index contributed by atoms with van der Waals surface area (Å²) in [4.78, 5) is 11.7. The number of unbranched alkanes of at least 4 members (excludes halogenated alkanes) is 2. The van der Waals surface area contributed by atoms with E-state index in [-0.39, 0.29) is 5.91 Å². The van der Waals surface area contributed by atoms with Crippen LogP contribution in [-0.2, 0) is 6.54 Å². The Morgan fingerprint density at radius 2 is 2.38 bits per heavy atom. The zero-order valence-corrected chi connectivity index (χ0v) is 9.70. The van der Waals surface area contributed by atoms with Crippen molar-refractivity contribution in [1.82, 2.24) is 9.88 Å². The van der Waals surface area contributed by atoms with E-state index in [0.29, 0.717) is 6.54 Å². The zero-order chi connectivity index (χ0) is 11.8. The quantitative estimate of drug-likeness (QED) is 0.575. The van der Waals surface area contributed by atoms with Gasteiger partial charge in [-0.2, -0.15) is 0 Å². The number of nitrogens with one attached hydrogen (secondary N) is 1. The molecule has 0 spiro atoms. The molecule has 1 rings (SSSR count). The number of terminal acetylenes is 1. The topological polar surface area (TPSA) is 34.0 Å². The molecule has 3 heteroatoms. The number of aromatic nitrogens is 1. The third-order valence-electron chi connectivity index (χ3n) is 2.44. The molecular weight excluding hydrogens is 200 g/mol. The van der Waals surface area contributed by atoms with Crippen LogP contribution in [0, 0.1) is 12.3 Å². The van der Waals surface area contributed by atoms with Gasteiger partial charge in [-0.15, -0.1) is 12.3 Å². The van der Waals surface area contributed by atoms with Crippen LogP contribution in [0.15, 0.2) is 18.3 Å². The number of hydrogen-bond acceptors (Lipinski definition) is 1. The van der Waals surface area contributed by atoms with Crippen molar-refractivity contribution >= 4 is 5.91 Å². The van der Waals surface area contributed by atoms with Gasteiger partial charge in [-0.1, -0.05) is 0 Å². The van der Waals surface area contributed by atoms with E-state index >= 15 is 0 Å². The lowest BCUT2D eigenvalue weighted by molar-refractivity contribution is 0.0944. The van der Waals surface area contributed by atoms with E-state index < -0.39 is 0 Å². The molecule has 1 heterocycles. The predicted molar refractivity (Wildman–Crippen MR) is 65.1 cm³/mol. The van der Waals surface area contributed by atoms with E-state index in [2.05, 4.69) is 11.2 Å². The number of amides is 1. The van der Waals surface area contributed by atoms with Crippen LogP contribution in [0.25, 0.3) is 0 Å². The highest BCUT2D eigenvalue weighted by Crippen LogP contribution is 2.02. The van der Waals surface area contributed by atoms with Gasteiger partial charge in [0, 0.05) is 25.7 Å². The molecule has 16 heavy (non-hydrogen) atoms. The van der Waals surface area contributed by atoms with Gasteiger partial charge in [-0.25, -0.2) is 0 Å². The van der Waals surface area contributed by atoms with E-state index in [1.54, 1.807) is 0 Å². The molecule has 1 amide bonds. The van der Waals surface area contributed by atoms with Gasteiger partial charge in [0.25, 0.3) is 5.91 Å². The molecule has 0 atom stereocenters. The third kappa shape index (κ3) is 3.47. The summed E-state index contributed by atoms with van der Waals surface area (Å²) in [6, 6.07) is 3.72. The van der Waals surface area contributed by atoms with Gasteiger partial charge >= 0.3 is 0 Å². The number of hydrogen-bond donors (Lipinski definition) is 1. The number of rotatable bonds is 6. The first kappa shape index (κ1) is 12.4. The van der Waals surface area contributed by atoms with Gasteiger partial charge in [-0.05, 0) is 31.9 Å². The largest absolute Gasteiger partial charge is 0.351 e. The number of carbonyl (C=O) groups excluding carboxylic acids is 1. The maximum atomic E-state index is 11.7. The van der Waals surface area contributed by atoms with Crippen LogP contribution in [0.3, 0.4) is 0 Å². The number of aryl methyl sites for hydroxylation is 1. The van der Waals surface area contributed by atoms with Gasteiger partial charge in [0.05, 0.1) is 0 Å². The Morgan fingerprint density at radius 1 is 1.56 bits per heavy atom. The number of nitrogens with zero attached hydrogens (tertiary/aromatic N) is 1. The Balaban J connectivity index is 2.33. The Morgan fingerprint density at radius 3 is 3.06 bits per heavy atom. The summed E-state index contributed by atoms with van der Waals surface area (Å²) in [5.74, 6) is 2.58.